The Bertz CT molecular complexity index is 1210. The quantitative estimate of drug-likeness (QED) is 0.359. The van der Waals surface area contributed by atoms with Crippen LogP contribution in [-0.2, 0) is 18.3 Å². The van der Waals surface area contributed by atoms with E-state index in [1.54, 1.807) is 12.1 Å². The number of nitrogens with zero attached hydrogens (tertiary/aromatic N) is 2. The zero-order chi connectivity index (χ0) is 22.6. The fraction of sp³-hybridized carbons (Fsp3) is 0.190. The standard InChI is InChI=1S/C21H15ClF3N3O2S/c1-2-13-10-27-20(28-19(13)29)31-11-12-3-6-18(14(7-12)9-26)30-15-4-5-17(22)16(8-15)21(23,24)25/h3-8,10H,2,11H2,1H3,(H,27,28,29). The third-order valence-electron chi connectivity index (χ3n) is 4.24. The molecule has 31 heavy (non-hydrogen) atoms. The summed E-state index contributed by atoms with van der Waals surface area (Å²) in [6, 6.07) is 9.91. The van der Waals surface area contributed by atoms with E-state index in [9.17, 15) is 23.2 Å². The molecule has 3 aromatic rings. The molecular weight excluding hydrogens is 451 g/mol. The molecule has 0 saturated carbocycles. The number of H-pyrrole nitrogens is 1. The van der Waals surface area contributed by atoms with Crippen LogP contribution in [0.25, 0.3) is 0 Å². The second-order valence-corrected chi connectivity index (χ2v) is 7.74. The highest BCUT2D eigenvalue weighted by Crippen LogP contribution is 2.38. The number of aromatic nitrogens is 2. The summed E-state index contributed by atoms with van der Waals surface area (Å²) in [6.07, 6.45) is -2.52. The van der Waals surface area contributed by atoms with Crippen molar-refractivity contribution in [2.75, 3.05) is 0 Å². The van der Waals surface area contributed by atoms with Crippen molar-refractivity contribution in [3.8, 4) is 17.6 Å². The maximum absolute atomic E-state index is 13.0. The lowest BCUT2D eigenvalue weighted by molar-refractivity contribution is -0.137. The minimum atomic E-state index is -4.63. The van der Waals surface area contributed by atoms with Gasteiger partial charge in [0.1, 0.15) is 17.6 Å². The summed E-state index contributed by atoms with van der Waals surface area (Å²) in [5, 5.41) is 9.44. The Hall–Kier alpha value is -2.96. The van der Waals surface area contributed by atoms with E-state index in [0.717, 1.165) is 17.7 Å². The molecule has 0 fully saturated rings. The van der Waals surface area contributed by atoms with Crippen LogP contribution in [0.2, 0.25) is 5.02 Å². The van der Waals surface area contributed by atoms with Crippen LogP contribution in [-0.4, -0.2) is 9.97 Å². The van der Waals surface area contributed by atoms with Crippen LogP contribution in [0.3, 0.4) is 0 Å². The van der Waals surface area contributed by atoms with Gasteiger partial charge in [0.05, 0.1) is 16.1 Å². The molecular formula is C21H15ClF3N3O2S. The molecule has 160 valence electrons. The van der Waals surface area contributed by atoms with Gasteiger partial charge < -0.3 is 9.72 Å². The number of halogens is 4. The number of nitrogens with one attached hydrogen (secondary N) is 1. The average Bonchev–Trinajstić information content (AvgIpc) is 2.73. The second kappa shape index (κ2) is 9.45. The lowest BCUT2D eigenvalue weighted by Gasteiger charge is -2.13. The highest BCUT2D eigenvalue weighted by Gasteiger charge is 2.33. The number of aryl methyl sites for hydroxylation is 1. The van der Waals surface area contributed by atoms with Crippen LogP contribution >= 0.6 is 23.4 Å². The molecule has 5 nitrogen and oxygen atoms in total. The van der Waals surface area contributed by atoms with Gasteiger partial charge in [-0.3, -0.25) is 4.79 Å². The molecule has 10 heteroatoms. The number of thioether (sulfide) groups is 1. The van der Waals surface area contributed by atoms with E-state index in [1.165, 1.54) is 30.1 Å². The first-order valence-corrected chi connectivity index (χ1v) is 10.4. The van der Waals surface area contributed by atoms with Crippen molar-refractivity contribution < 1.29 is 17.9 Å². The lowest BCUT2D eigenvalue weighted by atomic mass is 10.1. The third kappa shape index (κ3) is 5.60. The van der Waals surface area contributed by atoms with E-state index in [4.69, 9.17) is 16.3 Å². The Kier molecular flexibility index (Phi) is 6.93. The van der Waals surface area contributed by atoms with Crippen LogP contribution in [0.4, 0.5) is 13.2 Å². The van der Waals surface area contributed by atoms with Crippen molar-refractivity contribution in [3.05, 3.63) is 80.2 Å². The maximum Gasteiger partial charge on any atom is 0.417 e. The lowest BCUT2D eigenvalue weighted by Crippen LogP contribution is -2.13. The normalized spacial score (nSPS) is 11.2. The van der Waals surface area contributed by atoms with Crippen molar-refractivity contribution in [2.24, 2.45) is 0 Å². The molecule has 0 unspecified atom stereocenters. The molecule has 2 aromatic carbocycles. The van der Waals surface area contributed by atoms with Gasteiger partial charge in [-0.2, -0.15) is 18.4 Å². The molecule has 1 aromatic heterocycles. The molecule has 0 atom stereocenters. The number of hydrogen-bond donors (Lipinski definition) is 1. The Morgan fingerprint density at radius 2 is 2.03 bits per heavy atom. The largest absolute Gasteiger partial charge is 0.456 e. The van der Waals surface area contributed by atoms with E-state index in [1.807, 2.05) is 13.0 Å². The average molecular weight is 466 g/mol. The minimum absolute atomic E-state index is 0.0897. The zero-order valence-corrected chi connectivity index (χ0v) is 17.7. The molecule has 0 aliphatic heterocycles. The van der Waals surface area contributed by atoms with Crippen molar-refractivity contribution in [2.45, 2.75) is 30.4 Å². The van der Waals surface area contributed by atoms with E-state index >= 15 is 0 Å². The van der Waals surface area contributed by atoms with Crippen LogP contribution in [0.1, 0.15) is 29.2 Å². The number of hydrogen-bond acceptors (Lipinski definition) is 5. The summed E-state index contributed by atoms with van der Waals surface area (Å²) >= 11 is 6.90. The monoisotopic (exact) mass is 465 g/mol. The van der Waals surface area contributed by atoms with Crippen molar-refractivity contribution in [1.29, 1.82) is 5.26 Å². The molecule has 0 radical (unpaired) electrons. The molecule has 0 amide bonds. The number of alkyl halides is 3. The van der Waals surface area contributed by atoms with Gasteiger partial charge in [-0.1, -0.05) is 36.4 Å². The SMILES string of the molecule is CCc1cnc(SCc2ccc(Oc3ccc(Cl)c(C(F)(F)F)c3)c(C#N)c2)[nH]c1=O. The second-order valence-electron chi connectivity index (χ2n) is 6.37. The molecule has 0 bridgehead atoms. The predicted octanol–water partition coefficient (Wildman–Crippen LogP) is 5.96. The summed E-state index contributed by atoms with van der Waals surface area (Å²) in [4.78, 5) is 18.7. The Morgan fingerprint density at radius 1 is 1.26 bits per heavy atom. The van der Waals surface area contributed by atoms with Crippen molar-refractivity contribution in [3.63, 3.8) is 0 Å². The Morgan fingerprint density at radius 3 is 2.68 bits per heavy atom. The van der Waals surface area contributed by atoms with E-state index in [0.29, 0.717) is 22.9 Å². The van der Waals surface area contributed by atoms with Crippen molar-refractivity contribution in [1.82, 2.24) is 9.97 Å². The number of rotatable bonds is 6. The summed E-state index contributed by atoms with van der Waals surface area (Å²) < 4.78 is 44.6. The number of benzene rings is 2. The Labute approximate surface area is 184 Å². The maximum atomic E-state index is 13.0. The molecule has 1 N–H and O–H groups in total. The highest BCUT2D eigenvalue weighted by molar-refractivity contribution is 7.98. The molecule has 0 aliphatic rings. The van der Waals surface area contributed by atoms with Gasteiger partial charge in [0.25, 0.3) is 5.56 Å². The van der Waals surface area contributed by atoms with E-state index < -0.39 is 16.8 Å². The van der Waals surface area contributed by atoms with E-state index in [2.05, 4.69) is 9.97 Å². The highest BCUT2D eigenvalue weighted by atomic mass is 35.5. The number of nitriles is 1. The van der Waals surface area contributed by atoms with Crippen LogP contribution in [0.15, 0.2) is 52.5 Å². The Balaban J connectivity index is 1.77. The number of ether oxygens (including phenoxy) is 1. The summed E-state index contributed by atoms with van der Waals surface area (Å²) in [5.41, 5.74) is 0.289. The molecule has 0 saturated heterocycles. The summed E-state index contributed by atoms with van der Waals surface area (Å²) in [5.74, 6) is 0.446. The van der Waals surface area contributed by atoms with Gasteiger partial charge in [-0.15, -0.1) is 0 Å². The number of aromatic amines is 1. The van der Waals surface area contributed by atoms with Crippen LogP contribution in [0.5, 0.6) is 11.5 Å². The van der Waals surface area contributed by atoms with E-state index in [-0.39, 0.29) is 22.6 Å². The minimum Gasteiger partial charge on any atom is -0.456 e. The van der Waals surface area contributed by atoms with Gasteiger partial charge in [-0.05, 0) is 42.3 Å². The molecule has 1 heterocycles. The van der Waals surface area contributed by atoms with Crippen molar-refractivity contribution >= 4 is 23.4 Å². The summed E-state index contributed by atoms with van der Waals surface area (Å²) in [6.45, 7) is 1.86. The summed E-state index contributed by atoms with van der Waals surface area (Å²) in [7, 11) is 0. The fourth-order valence-corrected chi connectivity index (χ4v) is 3.64. The van der Waals surface area contributed by atoms with Crippen LogP contribution < -0.4 is 10.3 Å². The first-order valence-electron chi connectivity index (χ1n) is 9.00. The zero-order valence-electron chi connectivity index (χ0n) is 16.1. The third-order valence-corrected chi connectivity index (χ3v) is 5.53. The van der Waals surface area contributed by atoms with Gasteiger partial charge >= 0.3 is 6.18 Å². The van der Waals surface area contributed by atoms with Gasteiger partial charge in [0.15, 0.2) is 5.16 Å². The van der Waals surface area contributed by atoms with Gasteiger partial charge in [-0.25, -0.2) is 4.98 Å². The predicted molar refractivity (Wildman–Crippen MR) is 111 cm³/mol. The van der Waals surface area contributed by atoms with Gasteiger partial charge in [0, 0.05) is 17.5 Å². The molecule has 0 aliphatic carbocycles. The fourth-order valence-electron chi connectivity index (χ4n) is 2.64. The molecule has 0 spiro atoms. The topological polar surface area (TPSA) is 78.8 Å². The molecule has 3 rings (SSSR count). The first-order chi connectivity index (χ1) is 14.7. The van der Waals surface area contributed by atoms with Gasteiger partial charge in [0.2, 0.25) is 0 Å². The first kappa shape index (κ1) is 22.7. The smallest absolute Gasteiger partial charge is 0.417 e. The van der Waals surface area contributed by atoms with Crippen LogP contribution in [0, 0.1) is 11.3 Å².